The third kappa shape index (κ3) is 2.51. The summed E-state index contributed by atoms with van der Waals surface area (Å²) in [4.78, 5) is 7.64. The first-order valence-corrected chi connectivity index (χ1v) is 6.66. The third-order valence-corrected chi connectivity index (χ3v) is 3.71. The van der Waals surface area contributed by atoms with Gasteiger partial charge in [-0.15, -0.1) is 0 Å². The minimum Gasteiger partial charge on any atom is -0.399 e. The molecule has 0 saturated heterocycles. The topological polar surface area (TPSA) is 82.2 Å². The molecule has 3 rings (SSSR count). The molecule has 0 aliphatic carbocycles. The first kappa shape index (κ1) is 15.3. The van der Waals surface area contributed by atoms with E-state index in [1.165, 1.54) is 22.8 Å². The van der Waals surface area contributed by atoms with Crippen molar-refractivity contribution in [3.63, 3.8) is 0 Å². The first-order chi connectivity index (χ1) is 10.6. The lowest BCUT2D eigenvalue weighted by atomic mass is 9.90. The largest absolute Gasteiger partial charge is 0.434 e. The Morgan fingerprint density at radius 3 is 2.61 bits per heavy atom. The zero-order chi connectivity index (χ0) is 17.0. The van der Waals surface area contributed by atoms with Crippen molar-refractivity contribution in [2.24, 2.45) is 10.7 Å². The molecule has 0 amide bonds. The molecular formula is C14H13F4N5. The van der Waals surface area contributed by atoms with E-state index in [9.17, 15) is 17.6 Å². The molecule has 0 spiro atoms. The number of fused-ring (bicyclic) bond motifs is 1. The number of hydrogen-bond acceptors (Lipinski definition) is 4. The quantitative estimate of drug-likeness (QED) is 0.622. The van der Waals surface area contributed by atoms with Gasteiger partial charge in [0.15, 0.2) is 17.4 Å². The normalized spacial score (nSPS) is 21.0. The molecule has 1 aliphatic rings. The molecule has 1 aromatic carbocycles. The van der Waals surface area contributed by atoms with Crippen LogP contribution in [0.5, 0.6) is 0 Å². The number of halogens is 4. The summed E-state index contributed by atoms with van der Waals surface area (Å²) in [5.41, 5.74) is 9.66. The SMILES string of the molecule is C[C@@]1(c2cc(N)ccc2F)Cn2cc(C(F)(F)F)nc2C(N)=N1. The highest BCUT2D eigenvalue weighted by Gasteiger charge is 2.40. The maximum Gasteiger partial charge on any atom is 0.434 e. The van der Waals surface area contributed by atoms with E-state index in [-0.39, 0.29) is 23.8 Å². The fraction of sp³-hybridized carbons (Fsp3) is 0.286. The summed E-state index contributed by atoms with van der Waals surface area (Å²) in [6, 6.07) is 3.98. The maximum absolute atomic E-state index is 14.1. The minimum absolute atomic E-state index is 0.0352. The number of amidine groups is 1. The molecule has 23 heavy (non-hydrogen) atoms. The molecule has 1 aromatic heterocycles. The lowest BCUT2D eigenvalue weighted by Crippen LogP contribution is -2.37. The second kappa shape index (κ2) is 4.71. The molecule has 5 nitrogen and oxygen atoms in total. The number of anilines is 1. The van der Waals surface area contributed by atoms with Crippen LogP contribution < -0.4 is 11.5 Å². The molecule has 0 unspecified atom stereocenters. The van der Waals surface area contributed by atoms with E-state index in [4.69, 9.17) is 11.5 Å². The van der Waals surface area contributed by atoms with Crippen molar-refractivity contribution in [1.82, 2.24) is 9.55 Å². The predicted molar refractivity (Wildman–Crippen MR) is 76.1 cm³/mol. The average molecular weight is 327 g/mol. The van der Waals surface area contributed by atoms with E-state index >= 15 is 0 Å². The fourth-order valence-corrected chi connectivity index (χ4v) is 2.66. The minimum atomic E-state index is -4.59. The first-order valence-electron chi connectivity index (χ1n) is 6.66. The van der Waals surface area contributed by atoms with Crippen molar-refractivity contribution in [3.8, 4) is 0 Å². The lowest BCUT2D eigenvalue weighted by Gasteiger charge is -2.31. The number of aromatic nitrogens is 2. The Morgan fingerprint density at radius 2 is 1.96 bits per heavy atom. The molecule has 1 aliphatic heterocycles. The van der Waals surface area contributed by atoms with Crippen LogP contribution in [0.2, 0.25) is 0 Å². The van der Waals surface area contributed by atoms with Crippen LogP contribution >= 0.6 is 0 Å². The number of hydrogen-bond donors (Lipinski definition) is 2. The van der Waals surface area contributed by atoms with E-state index < -0.39 is 23.2 Å². The van der Waals surface area contributed by atoms with Gasteiger partial charge in [-0.1, -0.05) is 0 Å². The Kier molecular flexibility index (Phi) is 3.13. The van der Waals surface area contributed by atoms with Gasteiger partial charge in [0.05, 0.1) is 6.54 Å². The van der Waals surface area contributed by atoms with Gasteiger partial charge in [-0.25, -0.2) is 9.37 Å². The molecule has 0 bridgehead atoms. The van der Waals surface area contributed by atoms with Gasteiger partial charge in [-0.2, -0.15) is 13.2 Å². The van der Waals surface area contributed by atoms with E-state index in [2.05, 4.69) is 9.98 Å². The Labute approximate surface area is 128 Å². The Balaban J connectivity index is 2.10. The summed E-state index contributed by atoms with van der Waals surface area (Å²) in [5.74, 6) is -0.826. The van der Waals surface area contributed by atoms with Crippen LogP contribution in [0.1, 0.15) is 24.0 Å². The van der Waals surface area contributed by atoms with Crippen molar-refractivity contribution >= 4 is 11.5 Å². The van der Waals surface area contributed by atoms with Gasteiger partial charge in [-0.05, 0) is 25.1 Å². The lowest BCUT2D eigenvalue weighted by molar-refractivity contribution is -0.141. The van der Waals surface area contributed by atoms with Crippen LogP contribution in [-0.4, -0.2) is 15.4 Å². The number of benzene rings is 1. The Morgan fingerprint density at radius 1 is 1.26 bits per heavy atom. The molecule has 1 atom stereocenters. The van der Waals surface area contributed by atoms with Crippen molar-refractivity contribution in [2.75, 3.05) is 5.73 Å². The van der Waals surface area contributed by atoms with Gasteiger partial charge in [-0.3, -0.25) is 4.99 Å². The van der Waals surface area contributed by atoms with E-state index in [0.717, 1.165) is 6.20 Å². The highest BCUT2D eigenvalue weighted by molar-refractivity contribution is 5.95. The standard InChI is InChI=1S/C14H13F4N5/c1-13(8-4-7(19)2-3-9(8)15)6-23-5-10(14(16,17)18)21-12(23)11(20)22-13/h2-5H,6,19H2,1H3,(H2,20,22)/t13-/m0/s1. The van der Waals surface area contributed by atoms with Gasteiger partial charge >= 0.3 is 6.18 Å². The van der Waals surface area contributed by atoms with Gasteiger partial charge < -0.3 is 16.0 Å². The number of nitrogens with zero attached hydrogens (tertiary/aromatic N) is 3. The van der Waals surface area contributed by atoms with Crippen LogP contribution in [0.15, 0.2) is 29.4 Å². The van der Waals surface area contributed by atoms with Crippen LogP contribution in [0.3, 0.4) is 0 Å². The molecule has 122 valence electrons. The smallest absolute Gasteiger partial charge is 0.399 e. The summed E-state index contributed by atoms with van der Waals surface area (Å²) < 4.78 is 53.8. The zero-order valence-electron chi connectivity index (χ0n) is 12.0. The monoisotopic (exact) mass is 327 g/mol. The zero-order valence-corrected chi connectivity index (χ0v) is 12.0. The van der Waals surface area contributed by atoms with Gasteiger partial charge in [0.1, 0.15) is 11.4 Å². The number of alkyl halides is 3. The van der Waals surface area contributed by atoms with Gasteiger partial charge in [0, 0.05) is 17.4 Å². The summed E-state index contributed by atoms with van der Waals surface area (Å²) in [5, 5.41) is 0. The Bertz CT molecular complexity index is 808. The second-order valence-electron chi connectivity index (χ2n) is 5.59. The second-order valence-corrected chi connectivity index (χ2v) is 5.59. The number of nitrogens with two attached hydrogens (primary N) is 2. The average Bonchev–Trinajstić information content (AvgIpc) is 2.85. The summed E-state index contributed by atoms with van der Waals surface area (Å²) in [7, 11) is 0. The highest BCUT2D eigenvalue weighted by atomic mass is 19.4. The number of imidazole rings is 1. The molecule has 0 saturated carbocycles. The Hall–Kier alpha value is -2.58. The molecule has 2 heterocycles. The molecular weight excluding hydrogens is 314 g/mol. The van der Waals surface area contributed by atoms with Gasteiger partial charge in [0.25, 0.3) is 0 Å². The van der Waals surface area contributed by atoms with Crippen molar-refractivity contribution < 1.29 is 17.6 Å². The molecule has 9 heteroatoms. The summed E-state index contributed by atoms with van der Waals surface area (Å²) >= 11 is 0. The van der Waals surface area contributed by atoms with Crippen LogP contribution in [-0.2, 0) is 18.3 Å². The van der Waals surface area contributed by atoms with Crippen molar-refractivity contribution in [3.05, 3.63) is 47.3 Å². The van der Waals surface area contributed by atoms with Crippen LogP contribution in [0, 0.1) is 5.82 Å². The molecule has 0 fully saturated rings. The number of rotatable bonds is 1. The number of nitrogen functional groups attached to an aromatic ring is 1. The predicted octanol–water partition coefficient (Wildman–Crippen LogP) is 2.26. The van der Waals surface area contributed by atoms with Crippen molar-refractivity contribution in [1.29, 1.82) is 0 Å². The summed E-state index contributed by atoms with van der Waals surface area (Å²) in [6.45, 7) is 1.54. The van der Waals surface area contributed by atoms with Crippen molar-refractivity contribution in [2.45, 2.75) is 25.2 Å². The van der Waals surface area contributed by atoms with Crippen LogP contribution in [0.25, 0.3) is 0 Å². The maximum atomic E-state index is 14.1. The van der Waals surface area contributed by atoms with Gasteiger partial charge in [0.2, 0.25) is 0 Å². The number of aliphatic imine (C=N–C) groups is 1. The fourth-order valence-electron chi connectivity index (χ4n) is 2.66. The van der Waals surface area contributed by atoms with E-state index in [1.807, 2.05) is 0 Å². The molecule has 0 radical (unpaired) electrons. The summed E-state index contributed by atoms with van der Waals surface area (Å²) in [6.07, 6.45) is -3.75. The molecule has 4 N–H and O–H groups in total. The highest BCUT2D eigenvalue weighted by Crippen LogP contribution is 2.36. The van der Waals surface area contributed by atoms with E-state index in [0.29, 0.717) is 5.69 Å². The third-order valence-electron chi connectivity index (χ3n) is 3.71. The molecule has 2 aromatic rings. The van der Waals surface area contributed by atoms with E-state index in [1.54, 1.807) is 6.92 Å². The van der Waals surface area contributed by atoms with Crippen LogP contribution in [0.4, 0.5) is 23.2 Å².